The Balaban J connectivity index is 1.60. The second-order valence-electron chi connectivity index (χ2n) is 7.03. The number of hydrogen-bond acceptors (Lipinski definition) is 3. The van der Waals surface area contributed by atoms with Crippen molar-refractivity contribution in [3.63, 3.8) is 0 Å². The van der Waals surface area contributed by atoms with Gasteiger partial charge in [-0.05, 0) is 68.3 Å². The molecule has 0 bridgehead atoms. The van der Waals surface area contributed by atoms with E-state index in [2.05, 4.69) is 31.1 Å². The van der Waals surface area contributed by atoms with Crippen molar-refractivity contribution in [2.45, 2.75) is 32.0 Å². The summed E-state index contributed by atoms with van der Waals surface area (Å²) in [5.74, 6) is -0.501. The average Bonchev–Trinajstić information content (AvgIpc) is 3.46. The van der Waals surface area contributed by atoms with E-state index in [1.807, 2.05) is 35.9 Å². The fourth-order valence-electron chi connectivity index (χ4n) is 3.21. The predicted octanol–water partition coefficient (Wildman–Crippen LogP) is 5.97. The molecular weight excluding hydrogens is 463 g/mol. The Morgan fingerprint density at radius 1 is 1.13 bits per heavy atom. The van der Waals surface area contributed by atoms with Gasteiger partial charge in [-0.25, -0.2) is 4.68 Å². The van der Waals surface area contributed by atoms with Crippen molar-refractivity contribution in [2.24, 2.45) is 0 Å². The number of anilines is 1. The van der Waals surface area contributed by atoms with E-state index in [9.17, 15) is 18.0 Å². The maximum Gasteiger partial charge on any atom is 0.573 e. The van der Waals surface area contributed by atoms with Crippen molar-refractivity contribution in [3.05, 3.63) is 70.0 Å². The van der Waals surface area contributed by atoms with E-state index in [1.54, 1.807) is 0 Å². The van der Waals surface area contributed by atoms with Crippen LogP contribution in [-0.2, 0) is 0 Å². The molecule has 0 aliphatic heterocycles. The number of halogens is 4. The van der Waals surface area contributed by atoms with Crippen LogP contribution < -0.4 is 10.1 Å². The minimum absolute atomic E-state index is 0.224. The molecule has 4 rings (SSSR count). The molecule has 0 spiro atoms. The Morgan fingerprint density at radius 3 is 2.33 bits per heavy atom. The molecule has 2 aromatic carbocycles. The van der Waals surface area contributed by atoms with Crippen molar-refractivity contribution in [2.75, 3.05) is 5.32 Å². The summed E-state index contributed by atoms with van der Waals surface area (Å²) in [6.07, 6.45) is -2.76. The van der Waals surface area contributed by atoms with E-state index < -0.39 is 12.3 Å². The molecule has 3 aromatic rings. The van der Waals surface area contributed by atoms with E-state index in [-0.39, 0.29) is 11.3 Å². The first-order valence-electron chi connectivity index (χ1n) is 9.24. The van der Waals surface area contributed by atoms with Crippen molar-refractivity contribution < 1.29 is 22.7 Å². The largest absolute Gasteiger partial charge is 0.573 e. The molecule has 1 aromatic heterocycles. The molecule has 0 saturated heterocycles. The molecule has 9 heteroatoms. The molecule has 1 aliphatic rings. The second kappa shape index (κ2) is 7.79. The maximum absolute atomic E-state index is 12.7. The van der Waals surface area contributed by atoms with Gasteiger partial charge < -0.3 is 10.1 Å². The zero-order valence-electron chi connectivity index (χ0n) is 15.8. The number of aryl methyl sites for hydroxylation is 1. The predicted molar refractivity (Wildman–Crippen MR) is 109 cm³/mol. The first-order chi connectivity index (χ1) is 14.2. The molecule has 156 valence electrons. The van der Waals surface area contributed by atoms with Gasteiger partial charge >= 0.3 is 6.36 Å². The van der Waals surface area contributed by atoms with Gasteiger partial charge in [0, 0.05) is 16.0 Å². The molecule has 1 amide bonds. The van der Waals surface area contributed by atoms with Crippen LogP contribution in [0.3, 0.4) is 0 Å². The highest BCUT2D eigenvalue weighted by Crippen LogP contribution is 2.45. The normalized spacial score (nSPS) is 13.9. The lowest BCUT2D eigenvalue weighted by Crippen LogP contribution is -2.17. The van der Waals surface area contributed by atoms with Gasteiger partial charge in [0.05, 0.1) is 22.8 Å². The fourth-order valence-corrected chi connectivity index (χ4v) is 3.47. The number of nitrogens with one attached hydrogen (secondary N) is 1. The Labute approximate surface area is 179 Å². The highest BCUT2D eigenvalue weighted by Gasteiger charge is 2.33. The van der Waals surface area contributed by atoms with Gasteiger partial charge in [0.15, 0.2) is 0 Å². The van der Waals surface area contributed by atoms with Crippen molar-refractivity contribution in [1.29, 1.82) is 0 Å². The van der Waals surface area contributed by atoms with E-state index in [1.165, 1.54) is 12.1 Å². The molecule has 0 radical (unpaired) electrons. The van der Waals surface area contributed by atoms with Crippen LogP contribution in [0.4, 0.5) is 18.9 Å². The van der Waals surface area contributed by atoms with Gasteiger partial charge in [0.2, 0.25) is 0 Å². The lowest BCUT2D eigenvalue weighted by Gasteiger charge is -2.11. The number of nitrogens with zero attached hydrogens (tertiary/aromatic N) is 2. The van der Waals surface area contributed by atoms with Gasteiger partial charge in [-0.2, -0.15) is 5.10 Å². The van der Waals surface area contributed by atoms with Gasteiger partial charge in [-0.15, -0.1) is 13.2 Å². The summed E-state index contributed by atoms with van der Waals surface area (Å²) in [6.45, 7) is 1.82. The monoisotopic (exact) mass is 479 g/mol. The Kier molecular flexibility index (Phi) is 5.31. The van der Waals surface area contributed by atoms with Crippen LogP contribution in [-0.4, -0.2) is 22.1 Å². The third kappa shape index (κ3) is 4.51. The molecule has 1 saturated carbocycles. The van der Waals surface area contributed by atoms with E-state index in [0.717, 1.165) is 40.8 Å². The van der Waals surface area contributed by atoms with Crippen LogP contribution >= 0.6 is 15.9 Å². The Bertz CT molecular complexity index is 1070. The van der Waals surface area contributed by atoms with Crippen LogP contribution in [0.5, 0.6) is 5.75 Å². The first kappa shape index (κ1) is 20.5. The molecule has 0 unspecified atom stereocenters. The summed E-state index contributed by atoms with van der Waals surface area (Å²) in [4.78, 5) is 12.7. The molecule has 30 heavy (non-hydrogen) atoms. The van der Waals surface area contributed by atoms with Crippen molar-refractivity contribution in [1.82, 2.24) is 9.78 Å². The summed E-state index contributed by atoms with van der Waals surface area (Å²) in [6, 6.07) is 12.5. The quantitative estimate of drug-likeness (QED) is 0.490. The lowest BCUT2D eigenvalue weighted by atomic mass is 10.1. The van der Waals surface area contributed by atoms with Gasteiger partial charge in [-0.1, -0.05) is 15.9 Å². The van der Waals surface area contributed by atoms with Gasteiger partial charge in [-0.3, -0.25) is 4.79 Å². The van der Waals surface area contributed by atoms with E-state index >= 15 is 0 Å². The molecule has 0 atom stereocenters. The third-order valence-electron chi connectivity index (χ3n) is 4.72. The number of carbonyl (C=O) groups is 1. The molecule has 5 nitrogen and oxygen atoms in total. The number of benzene rings is 2. The minimum Gasteiger partial charge on any atom is -0.406 e. The number of amides is 1. The average molecular weight is 480 g/mol. The van der Waals surface area contributed by atoms with Gasteiger partial charge in [0.1, 0.15) is 5.75 Å². The fraction of sp³-hybridized carbons (Fsp3) is 0.238. The SMILES string of the molecule is Cc1nn(-c2ccc(Br)cc2)c(C2CC2)c1NC(=O)c1ccc(OC(F)(F)F)cc1. The first-order valence-corrected chi connectivity index (χ1v) is 10.0. The Hall–Kier alpha value is -2.81. The number of aromatic nitrogens is 2. The number of carbonyl (C=O) groups excluding carboxylic acids is 1. The summed E-state index contributed by atoms with van der Waals surface area (Å²) < 4.78 is 43.6. The van der Waals surface area contributed by atoms with Crippen LogP contribution in [0, 0.1) is 6.92 Å². The number of rotatable bonds is 5. The third-order valence-corrected chi connectivity index (χ3v) is 5.25. The number of hydrogen-bond donors (Lipinski definition) is 1. The molecule has 1 fully saturated rings. The number of ether oxygens (including phenoxy) is 1. The summed E-state index contributed by atoms with van der Waals surface area (Å²) in [7, 11) is 0. The topological polar surface area (TPSA) is 56.2 Å². The van der Waals surface area contributed by atoms with E-state index in [4.69, 9.17) is 0 Å². The standard InChI is InChI=1S/C21H17BrF3N3O2/c1-12-18(26-20(29)14-4-10-17(11-5-14)30-21(23,24)25)19(13-2-3-13)28(27-12)16-8-6-15(22)7-9-16/h4-11,13H,2-3H2,1H3,(H,26,29). The highest BCUT2D eigenvalue weighted by molar-refractivity contribution is 9.10. The van der Waals surface area contributed by atoms with Crippen LogP contribution in [0.2, 0.25) is 0 Å². The molecule has 1 N–H and O–H groups in total. The molecular formula is C21H17BrF3N3O2. The van der Waals surface area contributed by atoms with E-state index in [0.29, 0.717) is 17.3 Å². The lowest BCUT2D eigenvalue weighted by molar-refractivity contribution is -0.274. The molecule has 1 heterocycles. The summed E-state index contributed by atoms with van der Waals surface area (Å²) in [5.41, 5.74) is 3.35. The van der Waals surface area contributed by atoms with Crippen LogP contribution in [0.15, 0.2) is 53.0 Å². The second-order valence-corrected chi connectivity index (χ2v) is 7.95. The smallest absolute Gasteiger partial charge is 0.406 e. The summed E-state index contributed by atoms with van der Waals surface area (Å²) >= 11 is 3.42. The zero-order valence-corrected chi connectivity index (χ0v) is 17.4. The van der Waals surface area contributed by atoms with Gasteiger partial charge in [0.25, 0.3) is 5.91 Å². The maximum atomic E-state index is 12.7. The summed E-state index contributed by atoms with van der Waals surface area (Å²) in [5, 5.41) is 7.51. The van der Waals surface area contributed by atoms with Crippen molar-refractivity contribution in [3.8, 4) is 11.4 Å². The van der Waals surface area contributed by atoms with Crippen LogP contribution in [0.1, 0.15) is 40.5 Å². The minimum atomic E-state index is -4.78. The Morgan fingerprint density at radius 2 is 1.77 bits per heavy atom. The molecule has 1 aliphatic carbocycles. The van der Waals surface area contributed by atoms with Crippen molar-refractivity contribution >= 4 is 27.5 Å². The highest BCUT2D eigenvalue weighted by atomic mass is 79.9. The number of alkyl halides is 3. The zero-order chi connectivity index (χ0) is 21.5. The van der Waals surface area contributed by atoms with Crippen LogP contribution in [0.25, 0.3) is 5.69 Å².